The van der Waals surface area contributed by atoms with Crippen molar-refractivity contribution in [3.8, 4) is 0 Å². The lowest BCUT2D eigenvalue weighted by Gasteiger charge is -2.17. The Morgan fingerprint density at radius 2 is 1.62 bits per heavy atom. The van der Waals surface area contributed by atoms with Crippen molar-refractivity contribution in [2.45, 2.75) is 39.4 Å². The summed E-state index contributed by atoms with van der Waals surface area (Å²) in [6, 6.07) is 8.11. The number of rotatable bonds is 8. The van der Waals surface area contributed by atoms with Gasteiger partial charge in [-0.25, -0.2) is 0 Å². The number of carbonyl (C=O) groups excluding carboxylic acids is 3. The lowest BCUT2D eigenvalue weighted by Crippen LogP contribution is -2.50. The summed E-state index contributed by atoms with van der Waals surface area (Å²) in [5, 5.41) is 7.73. The normalized spacial score (nSPS) is 13.0. The van der Waals surface area contributed by atoms with Crippen molar-refractivity contribution in [2.24, 2.45) is 11.7 Å². The highest BCUT2D eigenvalue weighted by atomic mass is 16.2. The SMILES string of the molecule is CC(NC(=O)CNC(=O)[C@@H](N)C(C)C)C(=O)NCc1ccccc1. The first kappa shape index (κ1) is 19.6. The number of carbonyl (C=O) groups is 3. The van der Waals surface area contributed by atoms with Crippen molar-refractivity contribution >= 4 is 17.7 Å². The fourth-order valence-electron chi connectivity index (χ4n) is 1.88. The standard InChI is InChI=1S/C17H26N4O3/c1-11(2)15(18)17(24)20-10-14(22)21-12(3)16(23)19-9-13-7-5-4-6-8-13/h4-8,11-12,15H,9-10,18H2,1-3H3,(H,19,23)(H,20,24)(H,21,22)/t12?,15-/m0/s1. The van der Waals surface area contributed by atoms with E-state index in [1.54, 1.807) is 6.92 Å². The molecule has 5 N–H and O–H groups in total. The van der Waals surface area contributed by atoms with Crippen LogP contribution in [-0.4, -0.2) is 36.3 Å². The summed E-state index contributed by atoms with van der Waals surface area (Å²) >= 11 is 0. The van der Waals surface area contributed by atoms with Gasteiger partial charge < -0.3 is 21.7 Å². The minimum absolute atomic E-state index is 0.0178. The molecule has 0 aromatic heterocycles. The Balaban J connectivity index is 2.32. The molecule has 132 valence electrons. The number of amides is 3. The third-order valence-corrected chi connectivity index (χ3v) is 3.52. The van der Waals surface area contributed by atoms with Crippen LogP contribution in [0.2, 0.25) is 0 Å². The fraction of sp³-hybridized carbons (Fsp3) is 0.471. The highest BCUT2D eigenvalue weighted by Gasteiger charge is 2.19. The van der Waals surface area contributed by atoms with E-state index >= 15 is 0 Å². The van der Waals surface area contributed by atoms with Gasteiger partial charge in [0.2, 0.25) is 17.7 Å². The predicted molar refractivity (Wildman–Crippen MR) is 91.7 cm³/mol. The maximum atomic E-state index is 12.0. The van der Waals surface area contributed by atoms with Crippen molar-refractivity contribution in [2.75, 3.05) is 6.54 Å². The Hall–Kier alpha value is -2.41. The van der Waals surface area contributed by atoms with Gasteiger partial charge in [-0.2, -0.15) is 0 Å². The van der Waals surface area contributed by atoms with Gasteiger partial charge in [0.25, 0.3) is 0 Å². The van der Waals surface area contributed by atoms with Gasteiger partial charge in [-0.05, 0) is 18.4 Å². The molecule has 0 aliphatic heterocycles. The number of benzene rings is 1. The molecule has 2 atom stereocenters. The summed E-state index contributed by atoms with van der Waals surface area (Å²) in [7, 11) is 0. The van der Waals surface area contributed by atoms with Gasteiger partial charge in [0.05, 0.1) is 12.6 Å². The number of nitrogens with two attached hydrogens (primary N) is 1. The Kier molecular flexibility index (Phi) is 7.91. The second kappa shape index (κ2) is 9.67. The Morgan fingerprint density at radius 1 is 1.00 bits per heavy atom. The second-order valence-electron chi connectivity index (χ2n) is 5.98. The number of hydrogen-bond acceptors (Lipinski definition) is 4. The molecule has 1 aromatic rings. The third-order valence-electron chi connectivity index (χ3n) is 3.52. The summed E-state index contributed by atoms with van der Waals surface area (Å²) in [5.74, 6) is -1.14. The van der Waals surface area contributed by atoms with Gasteiger partial charge in [0, 0.05) is 6.54 Å². The molecule has 0 heterocycles. The van der Waals surface area contributed by atoms with Crippen LogP contribution in [0.3, 0.4) is 0 Å². The molecular weight excluding hydrogens is 308 g/mol. The van der Waals surface area contributed by atoms with E-state index in [0.717, 1.165) is 5.56 Å². The van der Waals surface area contributed by atoms with Crippen LogP contribution >= 0.6 is 0 Å². The average Bonchev–Trinajstić information content (AvgIpc) is 2.57. The molecule has 0 fully saturated rings. The first-order valence-electron chi connectivity index (χ1n) is 7.95. The van der Waals surface area contributed by atoms with E-state index in [1.165, 1.54) is 0 Å². The maximum absolute atomic E-state index is 12.0. The molecule has 0 aliphatic carbocycles. The van der Waals surface area contributed by atoms with Crippen molar-refractivity contribution in [3.05, 3.63) is 35.9 Å². The fourth-order valence-corrected chi connectivity index (χ4v) is 1.88. The molecule has 0 saturated carbocycles. The Labute approximate surface area is 142 Å². The van der Waals surface area contributed by atoms with Crippen molar-refractivity contribution in [3.63, 3.8) is 0 Å². The van der Waals surface area contributed by atoms with E-state index in [9.17, 15) is 14.4 Å². The largest absolute Gasteiger partial charge is 0.350 e. The molecule has 0 aliphatic rings. The van der Waals surface area contributed by atoms with Crippen molar-refractivity contribution < 1.29 is 14.4 Å². The van der Waals surface area contributed by atoms with Crippen LogP contribution in [0.5, 0.6) is 0 Å². The van der Waals surface area contributed by atoms with Gasteiger partial charge in [0.15, 0.2) is 0 Å². The lowest BCUT2D eigenvalue weighted by molar-refractivity contribution is -0.130. The van der Waals surface area contributed by atoms with E-state index in [-0.39, 0.29) is 24.3 Å². The Bertz CT molecular complexity index is 560. The van der Waals surface area contributed by atoms with E-state index in [4.69, 9.17) is 5.73 Å². The molecule has 0 spiro atoms. The van der Waals surface area contributed by atoms with Crippen LogP contribution in [0.25, 0.3) is 0 Å². The smallest absolute Gasteiger partial charge is 0.242 e. The van der Waals surface area contributed by atoms with Crippen LogP contribution in [0.15, 0.2) is 30.3 Å². The Morgan fingerprint density at radius 3 is 2.21 bits per heavy atom. The third kappa shape index (κ3) is 6.78. The lowest BCUT2D eigenvalue weighted by atomic mass is 10.1. The zero-order valence-electron chi connectivity index (χ0n) is 14.3. The highest BCUT2D eigenvalue weighted by molar-refractivity contribution is 5.90. The van der Waals surface area contributed by atoms with E-state index < -0.39 is 18.0 Å². The first-order valence-corrected chi connectivity index (χ1v) is 7.95. The molecule has 24 heavy (non-hydrogen) atoms. The molecule has 0 bridgehead atoms. The zero-order valence-corrected chi connectivity index (χ0v) is 14.3. The van der Waals surface area contributed by atoms with E-state index in [2.05, 4.69) is 16.0 Å². The average molecular weight is 334 g/mol. The van der Waals surface area contributed by atoms with Gasteiger partial charge in [-0.1, -0.05) is 44.2 Å². The first-order chi connectivity index (χ1) is 11.3. The summed E-state index contributed by atoms with van der Waals surface area (Å²) in [6.45, 7) is 5.41. The number of hydrogen-bond donors (Lipinski definition) is 4. The molecule has 0 saturated heterocycles. The molecule has 1 unspecified atom stereocenters. The topological polar surface area (TPSA) is 113 Å². The number of nitrogens with one attached hydrogen (secondary N) is 3. The van der Waals surface area contributed by atoms with Crippen LogP contribution < -0.4 is 21.7 Å². The van der Waals surface area contributed by atoms with E-state index in [1.807, 2.05) is 44.2 Å². The minimum Gasteiger partial charge on any atom is -0.350 e. The monoisotopic (exact) mass is 334 g/mol. The van der Waals surface area contributed by atoms with Crippen LogP contribution in [0.4, 0.5) is 0 Å². The van der Waals surface area contributed by atoms with Crippen molar-refractivity contribution in [1.82, 2.24) is 16.0 Å². The van der Waals surface area contributed by atoms with Gasteiger partial charge in [0.1, 0.15) is 6.04 Å². The summed E-state index contributed by atoms with van der Waals surface area (Å²) in [4.78, 5) is 35.4. The summed E-state index contributed by atoms with van der Waals surface area (Å²) < 4.78 is 0. The second-order valence-corrected chi connectivity index (χ2v) is 5.98. The molecule has 7 heteroatoms. The van der Waals surface area contributed by atoms with Crippen molar-refractivity contribution in [1.29, 1.82) is 0 Å². The highest BCUT2D eigenvalue weighted by Crippen LogP contribution is 1.98. The van der Waals surface area contributed by atoms with Crippen LogP contribution in [0.1, 0.15) is 26.3 Å². The molecule has 0 radical (unpaired) electrons. The maximum Gasteiger partial charge on any atom is 0.242 e. The van der Waals surface area contributed by atoms with Gasteiger partial charge >= 0.3 is 0 Å². The molecule has 7 nitrogen and oxygen atoms in total. The minimum atomic E-state index is -0.697. The summed E-state index contributed by atoms with van der Waals surface area (Å²) in [5.41, 5.74) is 6.65. The van der Waals surface area contributed by atoms with Gasteiger partial charge in [-0.15, -0.1) is 0 Å². The van der Waals surface area contributed by atoms with Crippen LogP contribution in [-0.2, 0) is 20.9 Å². The predicted octanol–water partition coefficient (Wildman–Crippen LogP) is -0.0930. The molecule has 1 aromatic carbocycles. The van der Waals surface area contributed by atoms with Crippen LogP contribution in [0, 0.1) is 5.92 Å². The molecule has 3 amide bonds. The molecule has 1 rings (SSSR count). The van der Waals surface area contributed by atoms with Gasteiger partial charge in [-0.3, -0.25) is 14.4 Å². The summed E-state index contributed by atoms with van der Waals surface area (Å²) in [6.07, 6.45) is 0. The quantitative estimate of drug-likeness (QED) is 0.532. The van der Waals surface area contributed by atoms with E-state index in [0.29, 0.717) is 6.54 Å². The zero-order chi connectivity index (χ0) is 18.1. The molecular formula is C17H26N4O3.